The minimum absolute atomic E-state index is 0.00544. The van der Waals surface area contributed by atoms with Gasteiger partial charge in [-0.2, -0.15) is 9.97 Å². The van der Waals surface area contributed by atoms with Crippen molar-refractivity contribution in [1.29, 1.82) is 0 Å². The van der Waals surface area contributed by atoms with Crippen molar-refractivity contribution in [2.45, 2.75) is 43.1 Å². The summed E-state index contributed by atoms with van der Waals surface area (Å²) in [5, 5.41) is 31.1. The van der Waals surface area contributed by atoms with Crippen molar-refractivity contribution in [1.82, 2.24) is 19.5 Å². The van der Waals surface area contributed by atoms with Crippen molar-refractivity contribution >= 4 is 22.9 Å². The molecule has 0 aromatic carbocycles. The Bertz CT molecular complexity index is 887. The third-order valence-corrected chi connectivity index (χ3v) is 5.00. The van der Waals surface area contributed by atoms with Crippen LogP contribution in [-0.4, -0.2) is 71.9 Å². The fourth-order valence-corrected chi connectivity index (χ4v) is 3.64. The molecule has 4 heterocycles. The molecule has 2 bridgehead atoms. The van der Waals surface area contributed by atoms with Crippen LogP contribution < -0.4 is 10.8 Å². The van der Waals surface area contributed by atoms with E-state index in [1.165, 1.54) is 10.9 Å². The summed E-state index contributed by atoms with van der Waals surface area (Å²) < 4.78 is 7.03. The van der Waals surface area contributed by atoms with Gasteiger partial charge in [-0.15, -0.1) is 0 Å². The molecule has 0 radical (unpaired) electrons. The number of nitrogen functional groups attached to an aromatic ring is 1. The smallest absolute Gasteiger partial charge is 0.254 e. The quantitative estimate of drug-likeness (QED) is 0.473. The first-order valence-corrected chi connectivity index (χ1v) is 8.33. The van der Waals surface area contributed by atoms with Crippen LogP contribution in [0.5, 0.6) is 0 Å². The van der Waals surface area contributed by atoms with Crippen molar-refractivity contribution in [2.75, 3.05) is 17.4 Å². The third kappa shape index (κ3) is 2.15. The van der Waals surface area contributed by atoms with E-state index in [1.807, 2.05) is 12.2 Å². The summed E-state index contributed by atoms with van der Waals surface area (Å²) in [5.41, 5.74) is 6.73. The molecule has 2 aromatic rings. The van der Waals surface area contributed by atoms with Crippen LogP contribution in [0.3, 0.4) is 0 Å². The Kier molecular flexibility index (Phi) is 3.42. The lowest BCUT2D eigenvalue weighted by molar-refractivity contribution is -0.0511. The third-order valence-electron chi connectivity index (χ3n) is 5.00. The molecule has 2 aromatic heterocycles. The van der Waals surface area contributed by atoms with E-state index in [-0.39, 0.29) is 18.0 Å². The normalized spacial score (nSPS) is 35.9. The highest BCUT2D eigenvalue weighted by atomic mass is 16.7. The number of hydroxylamine groups is 1. The van der Waals surface area contributed by atoms with Crippen LogP contribution in [0.25, 0.3) is 11.2 Å². The van der Waals surface area contributed by atoms with Gasteiger partial charge in [0.2, 0.25) is 0 Å². The van der Waals surface area contributed by atoms with Gasteiger partial charge in [-0.25, -0.2) is 10.0 Å². The maximum atomic E-state index is 10.3. The van der Waals surface area contributed by atoms with Gasteiger partial charge in [-0.1, -0.05) is 12.2 Å². The fraction of sp³-hybridized carbons (Fsp3) is 0.533. The summed E-state index contributed by atoms with van der Waals surface area (Å²) in [6.45, 7) is -0.416. The summed E-state index contributed by atoms with van der Waals surface area (Å²) >= 11 is 0. The molecule has 26 heavy (non-hydrogen) atoms. The second-order valence-corrected chi connectivity index (χ2v) is 6.62. The summed E-state index contributed by atoms with van der Waals surface area (Å²) in [4.78, 5) is 18.7. The van der Waals surface area contributed by atoms with Crippen LogP contribution in [-0.2, 0) is 9.57 Å². The zero-order valence-corrected chi connectivity index (χ0v) is 13.6. The number of rotatable bonds is 3. The monoisotopic (exact) mass is 362 g/mol. The zero-order valence-electron chi connectivity index (χ0n) is 13.6. The highest BCUT2D eigenvalue weighted by Gasteiger charge is 2.44. The van der Waals surface area contributed by atoms with E-state index in [0.29, 0.717) is 17.1 Å². The molecule has 5 N–H and O–H groups in total. The topological polar surface area (TPSA) is 152 Å². The lowest BCUT2D eigenvalue weighted by atomic mass is 10.1. The van der Waals surface area contributed by atoms with E-state index < -0.39 is 31.1 Å². The van der Waals surface area contributed by atoms with Crippen LogP contribution >= 0.6 is 0 Å². The predicted octanol–water partition coefficient (Wildman–Crippen LogP) is -1.53. The molecule has 6 atom stereocenters. The lowest BCUT2D eigenvalue weighted by Gasteiger charge is -2.23. The van der Waals surface area contributed by atoms with Gasteiger partial charge < -0.3 is 25.8 Å². The van der Waals surface area contributed by atoms with Crippen molar-refractivity contribution < 1.29 is 24.9 Å². The largest absolute Gasteiger partial charge is 0.394 e. The molecular weight excluding hydrogens is 344 g/mol. The number of hydrogen-bond acceptors (Lipinski definition) is 10. The minimum atomic E-state index is -1.24. The number of aliphatic hydroxyl groups is 3. The molecule has 11 nitrogen and oxygen atoms in total. The minimum Gasteiger partial charge on any atom is -0.394 e. The van der Waals surface area contributed by atoms with E-state index in [2.05, 4.69) is 15.0 Å². The molecule has 1 aliphatic carbocycles. The SMILES string of the molecule is Nc1nc(N2O[C@@H]3C=C[C@H]2C3)nc2c1ncn2[C@@H]1O[C@H](CO)[C@@H](O)[C@H]1O. The Morgan fingerprint density at radius 3 is 2.73 bits per heavy atom. The lowest BCUT2D eigenvalue weighted by Crippen LogP contribution is -2.33. The van der Waals surface area contributed by atoms with Gasteiger partial charge >= 0.3 is 0 Å². The van der Waals surface area contributed by atoms with Gasteiger partial charge in [0.15, 0.2) is 17.7 Å². The molecule has 0 saturated carbocycles. The second-order valence-electron chi connectivity index (χ2n) is 6.62. The summed E-state index contributed by atoms with van der Waals surface area (Å²) in [7, 11) is 0. The van der Waals surface area contributed by atoms with Gasteiger partial charge in [0.1, 0.15) is 29.9 Å². The average molecular weight is 362 g/mol. The maximum absolute atomic E-state index is 10.3. The number of fused-ring (bicyclic) bond motifs is 3. The molecule has 3 aliphatic rings. The first kappa shape index (κ1) is 15.9. The Hall–Kier alpha value is -2.31. The molecule has 0 spiro atoms. The van der Waals surface area contributed by atoms with Crippen molar-refractivity contribution in [3.8, 4) is 0 Å². The average Bonchev–Trinajstić information content (AvgIpc) is 3.40. The first-order chi connectivity index (χ1) is 12.6. The van der Waals surface area contributed by atoms with Crippen molar-refractivity contribution in [2.24, 2.45) is 0 Å². The zero-order chi connectivity index (χ0) is 18.0. The number of aromatic nitrogens is 4. The van der Waals surface area contributed by atoms with Gasteiger partial charge in [0.25, 0.3) is 5.95 Å². The van der Waals surface area contributed by atoms with Gasteiger partial charge in [-0.3, -0.25) is 9.40 Å². The van der Waals surface area contributed by atoms with Crippen LogP contribution in [0.2, 0.25) is 0 Å². The molecule has 2 aliphatic heterocycles. The van der Waals surface area contributed by atoms with Gasteiger partial charge in [0.05, 0.1) is 19.0 Å². The molecule has 0 unspecified atom stereocenters. The number of imidazole rings is 1. The Morgan fingerprint density at radius 2 is 2.08 bits per heavy atom. The number of nitrogens with zero attached hydrogens (tertiary/aromatic N) is 5. The van der Waals surface area contributed by atoms with Crippen LogP contribution in [0, 0.1) is 0 Å². The Balaban J connectivity index is 1.56. The van der Waals surface area contributed by atoms with Crippen molar-refractivity contribution in [3.05, 3.63) is 18.5 Å². The van der Waals surface area contributed by atoms with E-state index in [4.69, 9.17) is 15.3 Å². The van der Waals surface area contributed by atoms with E-state index in [0.717, 1.165) is 6.42 Å². The number of ether oxygens (including phenoxy) is 1. The van der Waals surface area contributed by atoms with E-state index in [1.54, 1.807) is 5.06 Å². The van der Waals surface area contributed by atoms with E-state index in [9.17, 15) is 15.3 Å². The number of nitrogens with two attached hydrogens (primary N) is 1. The summed E-state index contributed by atoms with van der Waals surface area (Å²) in [6.07, 6.45) is 1.96. The fourth-order valence-electron chi connectivity index (χ4n) is 3.64. The standard InChI is InChI=1S/C15H18N6O5/c16-12-9-13(19-15(18-12)21-6-1-2-7(3-6)26-21)20(5-17-9)14-11(24)10(23)8(4-22)25-14/h1-2,5-8,10-11,14,22-24H,3-4H2,(H2,16,18,19)/t6-,7+,8+,10+,11+,14+/m0/s1. The van der Waals surface area contributed by atoms with Crippen LogP contribution in [0.15, 0.2) is 18.5 Å². The van der Waals surface area contributed by atoms with E-state index >= 15 is 0 Å². The number of anilines is 2. The maximum Gasteiger partial charge on any atom is 0.254 e. The van der Waals surface area contributed by atoms with Crippen molar-refractivity contribution in [3.63, 3.8) is 0 Å². The second kappa shape index (κ2) is 5.59. The van der Waals surface area contributed by atoms with Gasteiger partial charge in [-0.05, 0) is 0 Å². The predicted molar refractivity (Wildman–Crippen MR) is 87.6 cm³/mol. The summed E-state index contributed by atoms with van der Waals surface area (Å²) in [5.74, 6) is 0.464. The molecule has 2 saturated heterocycles. The molecule has 2 fully saturated rings. The molecule has 11 heteroatoms. The number of hydrogen-bond donors (Lipinski definition) is 4. The van der Waals surface area contributed by atoms with Crippen LogP contribution in [0.4, 0.5) is 11.8 Å². The Morgan fingerprint density at radius 1 is 1.23 bits per heavy atom. The number of aliphatic hydroxyl groups excluding tert-OH is 3. The van der Waals surface area contributed by atoms with Crippen LogP contribution in [0.1, 0.15) is 12.6 Å². The summed E-state index contributed by atoms with van der Waals surface area (Å²) in [6, 6.07) is 0.0436. The molecule has 138 valence electrons. The molecule has 5 rings (SSSR count). The highest BCUT2D eigenvalue weighted by molar-refractivity contribution is 5.83. The Labute approximate surface area is 147 Å². The molecule has 0 amide bonds. The molecular formula is C15H18N6O5. The first-order valence-electron chi connectivity index (χ1n) is 8.33. The highest BCUT2D eigenvalue weighted by Crippen LogP contribution is 2.35. The van der Waals surface area contributed by atoms with Gasteiger partial charge in [0, 0.05) is 6.42 Å².